The van der Waals surface area contributed by atoms with E-state index in [4.69, 9.17) is 5.73 Å². The maximum Gasteiger partial charge on any atom is 0.202 e. The lowest BCUT2D eigenvalue weighted by Crippen LogP contribution is -2.05. The van der Waals surface area contributed by atoms with Gasteiger partial charge in [0.25, 0.3) is 0 Å². The number of nitrogens with zero attached hydrogens (tertiary/aromatic N) is 2. The van der Waals surface area contributed by atoms with Crippen molar-refractivity contribution in [3.05, 3.63) is 41.2 Å². The van der Waals surface area contributed by atoms with Crippen LogP contribution in [-0.4, -0.2) is 22.4 Å². The predicted octanol–water partition coefficient (Wildman–Crippen LogP) is 2.59. The zero-order chi connectivity index (χ0) is 13.5. The number of rotatable bonds is 7. The summed E-state index contributed by atoms with van der Waals surface area (Å²) in [4.78, 5) is 4.50. The second kappa shape index (κ2) is 7.21. The van der Waals surface area contributed by atoms with Crippen molar-refractivity contribution in [1.29, 1.82) is 0 Å². The van der Waals surface area contributed by atoms with Crippen LogP contribution in [0, 0.1) is 6.92 Å². The maximum absolute atomic E-state index is 5.46. The monoisotopic (exact) mass is 276 g/mol. The van der Waals surface area contributed by atoms with Gasteiger partial charge in [0.1, 0.15) is 5.82 Å². The lowest BCUT2D eigenvalue weighted by atomic mass is 10.1. The zero-order valence-electron chi connectivity index (χ0n) is 11.2. The van der Waals surface area contributed by atoms with Crippen molar-refractivity contribution in [2.75, 3.05) is 18.4 Å². The van der Waals surface area contributed by atoms with Crippen LogP contribution in [0.3, 0.4) is 0 Å². The quantitative estimate of drug-likeness (QED) is 0.763. The summed E-state index contributed by atoms with van der Waals surface area (Å²) in [6, 6.07) is 8.46. The second-order valence-corrected chi connectivity index (χ2v) is 5.36. The highest BCUT2D eigenvalue weighted by Crippen LogP contribution is 2.15. The zero-order valence-corrected chi connectivity index (χ0v) is 12.0. The minimum Gasteiger partial charge on any atom is -0.360 e. The lowest BCUT2D eigenvalue weighted by molar-refractivity contribution is 0.773. The van der Waals surface area contributed by atoms with Crippen molar-refractivity contribution < 1.29 is 0 Å². The fourth-order valence-corrected chi connectivity index (χ4v) is 2.48. The third-order valence-electron chi connectivity index (χ3n) is 2.82. The summed E-state index contributed by atoms with van der Waals surface area (Å²) < 4.78 is 4.38. The lowest BCUT2D eigenvalue weighted by Gasteiger charge is -2.00. The molecule has 2 rings (SSSR count). The van der Waals surface area contributed by atoms with Crippen LogP contribution in [0.1, 0.15) is 29.8 Å². The molecule has 4 nitrogen and oxygen atoms in total. The summed E-state index contributed by atoms with van der Waals surface area (Å²) in [5.74, 6) is 0.886. The van der Waals surface area contributed by atoms with E-state index in [0.29, 0.717) is 0 Å². The number of aryl methyl sites for hydroxylation is 1. The van der Waals surface area contributed by atoms with Gasteiger partial charge in [-0.05, 0) is 31.9 Å². The molecule has 0 bridgehead atoms. The van der Waals surface area contributed by atoms with Gasteiger partial charge < -0.3 is 11.1 Å². The third-order valence-corrected chi connectivity index (χ3v) is 3.53. The molecule has 2 aromatic rings. The molecule has 1 aromatic heterocycles. The first-order valence-corrected chi connectivity index (χ1v) is 7.37. The van der Waals surface area contributed by atoms with Crippen LogP contribution in [0.2, 0.25) is 0 Å². The summed E-state index contributed by atoms with van der Waals surface area (Å²) in [6.07, 6.45) is 2.91. The molecule has 0 amide bonds. The van der Waals surface area contributed by atoms with Gasteiger partial charge in [-0.1, -0.05) is 29.8 Å². The fraction of sp³-hybridized carbons (Fsp3) is 0.429. The Hall–Kier alpha value is -1.46. The van der Waals surface area contributed by atoms with E-state index in [0.717, 1.165) is 43.3 Å². The molecule has 0 spiro atoms. The molecule has 0 unspecified atom stereocenters. The second-order valence-electron chi connectivity index (χ2n) is 4.60. The normalized spacial score (nSPS) is 10.6. The first-order chi connectivity index (χ1) is 9.28. The number of aromatic nitrogens is 2. The van der Waals surface area contributed by atoms with Gasteiger partial charge in [-0.2, -0.15) is 4.37 Å². The minimum atomic E-state index is 0.746. The Kier molecular flexibility index (Phi) is 5.30. The molecule has 0 saturated carbocycles. The highest BCUT2D eigenvalue weighted by Gasteiger charge is 2.04. The van der Waals surface area contributed by atoms with Crippen molar-refractivity contribution in [1.82, 2.24) is 9.36 Å². The molecule has 0 fully saturated rings. The van der Waals surface area contributed by atoms with Gasteiger partial charge in [-0.25, -0.2) is 4.98 Å². The van der Waals surface area contributed by atoms with Gasteiger partial charge in [0, 0.05) is 24.5 Å². The molecular formula is C14H20N4S. The van der Waals surface area contributed by atoms with E-state index in [1.807, 2.05) is 0 Å². The first kappa shape index (κ1) is 14.0. The van der Waals surface area contributed by atoms with Crippen molar-refractivity contribution in [3.8, 4) is 0 Å². The molecule has 0 saturated heterocycles. The molecule has 0 atom stereocenters. The van der Waals surface area contributed by atoms with E-state index < -0.39 is 0 Å². The van der Waals surface area contributed by atoms with Gasteiger partial charge in [-0.15, -0.1) is 0 Å². The van der Waals surface area contributed by atoms with Crippen LogP contribution in [-0.2, 0) is 6.42 Å². The van der Waals surface area contributed by atoms with Crippen LogP contribution in [0.25, 0.3) is 0 Å². The predicted molar refractivity (Wildman–Crippen MR) is 80.7 cm³/mol. The summed E-state index contributed by atoms with van der Waals surface area (Å²) >= 11 is 1.43. The number of anilines is 1. The summed E-state index contributed by atoms with van der Waals surface area (Å²) in [5, 5.41) is 4.19. The van der Waals surface area contributed by atoms with Crippen molar-refractivity contribution in [2.45, 2.75) is 26.2 Å². The average molecular weight is 276 g/mol. The Morgan fingerprint density at radius 3 is 3.00 bits per heavy atom. The molecule has 19 heavy (non-hydrogen) atoms. The van der Waals surface area contributed by atoms with E-state index in [2.05, 4.69) is 45.9 Å². The SMILES string of the molecule is Cc1cccc(Cc2nsc(NCCCCN)n2)c1. The Morgan fingerprint density at radius 1 is 1.32 bits per heavy atom. The molecule has 0 aliphatic heterocycles. The molecule has 3 N–H and O–H groups in total. The van der Waals surface area contributed by atoms with Gasteiger partial charge in [-0.3, -0.25) is 0 Å². The van der Waals surface area contributed by atoms with E-state index >= 15 is 0 Å². The number of benzene rings is 1. The highest BCUT2D eigenvalue weighted by atomic mass is 32.1. The molecule has 102 valence electrons. The molecule has 0 radical (unpaired) electrons. The van der Waals surface area contributed by atoms with Gasteiger partial charge in [0.2, 0.25) is 5.13 Å². The van der Waals surface area contributed by atoms with E-state index in [1.54, 1.807) is 0 Å². The van der Waals surface area contributed by atoms with Crippen LogP contribution >= 0.6 is 11.5 Å². The van der Waals surface area contributed by atoms with E-state index in [1.165, 1.54) is 22.7 Å². The largest absolute Gasteiger partial charge is 0.360 e. The van der Waals surface area contributed by atoms with Crippen molar-refractivity contribution >= 4 is 16.7 Å². The topological polar surface area (TPSA) is 63.8 Å². The maximum atomic E-state index is 5.46. The number of nitrogens with one attached hydrogen (secondary N) is 1. The summed E-state index contributed by atoms with van der Waals surface area (Å²) in [6.45, 7) is 3.76. The Labute approximate surface area is 118 Å². The fourth-order valence-electron chi connectivity index (χ4n) is 1.87. The van der Waals surface area contributed by atoms with Crippen LogP contribution < -0.4 is 11.1 Å². The smallest absolute Gasteiger partial charge is 0.202 e. The van der Waals surface area contributed by atoms with Crippen LogP contribution in [0.15, 0.2) is 24.3 Å². The van der Waals surface area contributed by atoms with E-state index in [9.17, 15) is 0 Å². The average Bonchev–Trinajstić information content (AvgIpc) is 2.82. The summed E-state index contributed by atoms with van der Waals surface area (Å²) in [7, 11) is 0. The molecule has 1 heterocycles. The number of unbranched alkanes of at least 4 members (excludes halogenated alkanes) is 1. The highest BCUT2D eigenvalue weighted by molar-refractivity contribution is 7.09. The van der Waals surface area contributed by atoms with Gasteiger partial charge in [0.05, 0.1) is 0 Å². The minimum absolute atomic E-state index is 0.746. The first-order valence-electron chi connectivity index (χ1n) is 6.60. The third kappa shape index (κ3) is 4.61. The standard InChI is InChI=1S/C14H20N4S/c1-11-5-4-6-12(9-11)10-13-17-14(19-18-13)16-8-3-2-7-15/h4-6,9H,2-3,7-8,10,15H2,1H3,(H,16,17,18). The molecule has 0 aliphatic rings. The molecule has 0 aliphatic carbocycles. The van der Waals surface area contributed by atoms with Gasteiger partial charge >= 0.3 is 0 Å². The van der Waals surface area contributed by atoms with E-state index in [-0.39, 0.29) is 0 Å². The molecule has 1 aromatic carbocycles. The van der Waals surface area contributed by atoms with Crippen LogP contribution in [0.4, 0.5) is 5.13 Å². The van der Waals surface area contributed by atoms with Gasteiger partial charge in [0.15, 0.2) is 0 Å². The number of hydrogen-bond acceptors (Lipinski definition) is 5. The summed E-state index contributed by atoms with van der Waals surface area (Å²) in [5.41, 5.74) is 7.99. The number of nitrogens with two attached hydrogens (primary N) is 1. The Balaban J connectivity index is 1.87. The van der Waals surface area contributed by atoms with Crippen molar-refractivity contribution in [2.24, 2.45) is 5.73 Å². The Morgan fingerprint density at radius 2 is 2.21 bits per heavy atom. The number of hydrogen-bond donors (Lipinski definition) is 2. The molecule has 5 heteroatoms. The molecular weight excluding hydrogens is 256 g/mol. The van der Waals surface area contributed by atoms with Crippen LogP contribution in [0.5, 0.6) is 0 Å². The Bertz CT molecular complexity index is 510. The van der Waals surface area contributed by atoms with Crippen molar-refractivity contribution in [3.63, 3.8) is 0 Å².